The fourth-order valence-electron chi connectivity index (χ4n) is 4.22. The molecule has 2 aliphatic rings. The van der Waals surface area contributed by atoms with Crippen LogP contribution in [0, 0.1) is 23.2 Å². The SMILES string of the molecule is C[C@@H]1[C@@H]2[C@@H](c3ccc(O)cc3)OC[C@@]1(CO)CC[C@@H]2C. The van der Waals surface area contributed by atoms with Crippen molar-refractivity contribution in [3.8, 4) is 5.75 Å². The van der Waals surface area contributed by atoms with Crippen LogP contribution < -0.4 is 0 Å². The lowest BCUT2D eigenvalue weighted by molar-refractivity contribution is -0.191. The van der Waals surface area contributed by atoms with Gasteiger partial charge in [-0.2, -0.15) is 0 Å². The topological polar surface area (TPSA) is 49.7 Å². The van der Waals surface area contributed by atoms with Gasteiger partial charge < -0.3 is 14.9 Å². The van der Waals surface area contributed by atoms with Crippen LogP contribution in [0.5, 0.6) is 5.75 Å². The molecular formula is C17H24O3. The quantitative estimate of drug-likeness (QED) is 0.872. The third-order valence-electron chi connectivity index (χ3n) is 5.73. The molecule has 1 saturated heterocycles. The first-order valence-electron chi connectivity index (χ1n) is 7.59. The van der Waals surface area contributed by atoms with Crippen LogP contribution in [-0.4, -0.2) is 23.4 Å². The molecule has 0 unspecified atom stereocenters. The monoisotopic (exact) mass is 276 g/mol. The maximum absolute atomic E-state index is 9.83. The van der Waals surface area contributed by atoms with Gasteiger partial charge >= 0.3 is 0 Å². The van der Waals surface area contributed by atoms with Crippen molar-refractivity contribution in [2.24, 2.45) is 23.2 Å². The van der Waals surface area contributed by atoms with Gasteiger partial charge in [0.05, 0.1) is 19.3 Å². The number of rotatable bonds is 2. The molecule has 3 nitrogen and oxygen atoms in total. The zero-order chi connectivity index (χ0) is 14.3. The van der Waals surface area contributed by atoms with Crippen molar-refractivity contribution >= 4 is 0 Å². The second-order valence-electron chi connectivity index (χ2n) is 6.73. The molecule has 1 aromatic carbocycles. The number of aromatic hydroxyl groups is 1. The molecule has 1 aliphatic heterocycles. The maximum Gasteiger partial charge on any atom is 0.115 e. The average Bonchev–Trinajstić information content (AvgIpc) is 2.45. The summed E-state index contributed by atoms with van der Waals surface area (Å²) >= 11 is 0. The number of benzene rings is 1. The van der Waals surface area contributed by atoms with Gasteiger partial charge in [0.1, 0.15) is 5.75 Å². The second-order valence-corrected chi connectivity index (χ2v) is 6.73. The number of phenolic OH excluding ortho intramolecular Hbond substituents is 1. The van der Waals surface area contributed by atoms with E-state index in [0.29, 0.717) is 30.1 Å². The van der Waals surface area contributed by atoms with Crippen molar-refractivity contribution in [2.45, 2.75) is 32.8 Å². The molecule has 1 aromatic rings. The van der Waals surface area contributed by atoms with Gasteiger partial charge in [0.25, 0.3) is 0 Å². The van der Waals surface area contributed by atoms with E-state index in [2.05, 4.69) is 13.8 Å². The number of ether oxygens (including phenoxy) is 1. The number of hydrogen-bond acceptors (Lipinski definition) is 3. The molecule has 20 heavy (non-hydrogen) atoms. The Morgan fingerprint density at radius 3 is 2.60 bits per heavy atom. The Hall–Kier alpha value is -1.06. The summed E-state index contributed by atoms with van der Waals surface area (Å²) in [5.74, 6) is 1.79. The lowest BCUT2D eigenvalue weighted by Crippen LogP contribution is -2.53. The van der Waals surface area contributed by atoms with Gasteiger partial charge in [0, 0.05) is 5.41 Å². The van der Waals surface area contributed by atoms with Crippen LogP contribution in [0.1, 0.15) is 38.4 Å². The van der Waals surface area contributed by atoms with E-state index in [1.165, 1.54) is 0 Å². The first kappa shape index (κ1) is 13.9. The van der Waals surface area contributed by atoms with Gasteiger partial charge in [0.2, 0.25) is 0 Å². The normalized spacial score (nSPS) is 40.5. The predicted molar refractivity (Wildman–Crippen MR) is 77.4 cm³/mol. The van der Waals surface area contributed by atoms with E-state index in [9.17, 15) is 10.2 Å². The van der Waals surface area contributed by atoms with E-state index in [1.807, 2.05) is 12.1 Å². The van der Waals surface area contributed by atoms with Crippen LogP contribution in [0.25, 0.3) is 0 Å². The Bertz CT molecular complexity index is 470. The molecule has 110 valence electrons. The standard InChI is InChI=1S/C17H24O3/c1-11-7-8-17(9-18)10-20-16(15(11)12(17)2)13-3-5-14(19)6-4-13/h3-6,11-12,15-16,18-19H,7-10H2,1-2H3/t11-,12+,15+,16+,17-/m0/s1. The van der Waals surface area contributed by atoms with Crippen molar-refractivity contribution in [1.29, 1.82) is 0 Å². The number of aliphatic hydroxyl groups excluding tert-OH is 1. The van der Waals surface area contributed by atoms with E-state index in [-0.39, 0.29) is 18.1 Å². The highest BCUT2D eigenvalue weighted by molar-refractivity contribution is 5.28. The highest BCUT2D eigenvalue weighted by Crippen LogP contribution is 2.56. The Labute approximate surface area is 120 Å². The largest absolute Gasteiger partial charge is 0.508 e. The molecule has 3 heteroatoms. The molecule has 1 heterocycles. The first-order chi connectivity index (χ1) is 9.57. The van der Waals surface area contributed by atoms with Crippen LogP contribution in [0.2, 0.25) is 0 Å². The summed E-state index contributed by atoms with van der Waals surface area (Å²) in [6.07, 6.45) is 2.30. The molecule has 2 N–H and O–H groups in total. The molecule has 2 bridgehead atoms. The van der Waals surface area contributed by atoms with E-state index < -0.39 is 0 Å². The van der Waals surface area contributed by atoms with E-state index in [0.717, 1.165) is 18.4 Å². The number of fused-ring (bicyclic) bond motifs is 2. The van der Waals surface area contributed by atoms with Crippen LogP contribution in [0.15, 0.2) is 24.3 Å². The fraction of sp³-hybridized carbons (Fsp3) is 0.647. The van der Waals surface area contributed by atoms with Crippen LogP contribution in [-0.2, 0) is 4.74 Å². The first-order valence-corrected chi connectivity index (χ1v) is 7.59. The molecule has 2 fully saturated rings. The molecule has 0 aromatic heterocycles. The number of phenols is 1. The van der Waals surface area contributed by atoms with Crippen molar-refractivity contribution < 1.29 is 14.9 Å². The lowest BCUT2D eigenvalue weighted by atomic mass is 9.56. The number of hydrogen-bond donors (Lipinski definition) is 2. The van der Waals surface area contributed by atoms with Crippen LogP contribution in [0.4, 0.5) is 0 Å². The van der Waals surface area contributed by atoms with E-state index in [1.54, 1.807) is 12.1 Å². The minimum atomic E-state index is -0.0510. The van der Waals surface area contributed by atoms with Gasteiger partial charge in [-0.25, -0.2) is 0 Å². The zero-order valence-corrected chi connectivity index (χ0v) is 12.2. The molecule has 3 rings (SSSR count). The summed E-state index contributed by atoms with van der Waals surface area (Å²) in [5, 5.41) is 19.3. The summed E-state index contributed by atoms with van der Waals surface area (Å²) < 4.78 is 6.16. The maximum atomic E-state index is 9.83. The van der Waals surface area contributed by atoms with Crippen molar-refractivity contribution in [3.63, 3.8) is 0 Å². The molecule has 1 aliphatic carbocycles. The van der Waals surface area contributed by atoms with Gasteiger partial charge in [-0.3, -0.25) is 0 Å². The summed E-state index contributed by atoms with van der Waals surface area (Å²) in [6.45, 7) is 5.43. The molecule has 0 radical (unpaired) electrons. The highest BCUT2D eigenvalue weighted by atomic mass is 16.5. The van der Waals surface area contributed by atoms with Crippen LogP contribution in [0.3, 0.4) is 0 Å². The van der Waals surface area contributed by atoms with Gasteiger partial charge in [-0.05, 0) is 48.3 Å². The molecule has 0 spiro atoms. The predicted octanol–water partition coefficient (Wildman–Crippen LogP) is 3.12. The Morgan fingerprint density at radius 1 is 1.25 bits per heavy atom. The molecule has 5 atom stereocenters. The van der Waals surface area contributed by atoms with Crippen molar-refractivity contribution in [2.75, 3.05) is 13.2 Å². The summed E-state index contributed by atoms with van der Waals surface area (Å²) in [5.41, 5.74) is 1.09. The zero-order valence-electron chi connectivity index (χ0n) is 12.2. The van der Waals surface area contributed by atoms with E-state index in [4.69, 9.17) is 4.74 Å². The molecular weight excluding hydrogens is 252 g/mol. The summed E-state index contributed by atoms with van der Waals surface area (Å²) in [4.78, 5) is 0. The summed E-state index contributed by atoms with van der Waals surface area (Å²) in [7, 11) is 0. The smallest absolute Gasteiger partial charge is 0.115 e. The summed E-state index contributed by atoms with van der Waals surface area (Å²) in [6, 6.07) is 7.37. The molecule has 1 saturated carbocycles. The average molecular weight is 276 g/mol. The van der Waals surface area contributed by atoms with Gasteiger partial charge in [0.15, 0.2) is 0 Å². The van der Waals surface area contributed by atoms with Gasteiger partial charge in [-0.1, -0.05) is 26.0 Å². The third-order valence-corrected chi connectivity index (χ3v) is 5.73. The van der Waals surface area contributed by atoms with Gasteiger partial charge in [-0.15, -0.1) is 0 Å². The third kappa shape index (κ3) is 2.04. The Balaban J connectivity index is 1.92. The Morgan fingerprint density at radius 2 is 1.95 bits per heavy atom. The van der Waals surface area contributed by atoms with E-state index >= 15 is 0 Å². The van der Waals surface area contributed by atoms with Crippen LogP contribution >= 0.6 is 0 Å². The lowest BCUT2D eigenvalue weighted by Gasteiger charge is -2.55. The fourth-order valence-corrected chi connectivity index (χ4v) is 4.22. The minimum absolute atomic E-state index is 0.0510. The Kier molecular flexibility index (Phi) is 3.51. The van der Waals surface area contributed by atoms with Crippen molar-refractivity contribution in [3.05, 3.63) is 29.8 Å². The minimum Gasteiger partial charge on any atom is -0.508 e. The second kappa shape index (κ2) is 5.05. The highest BCUT2D eigenvalue weighted by Gasteiger charge is 2.52. The molecule has 0 amide bonds. The van der Waals surface area contributed by atoms with Crippen molar-refractivity contribution in [1.82, 2.24) is 0 Å². The number of aliphatic hydroxyl groups is 1.